The highest BCUT2D eigenvalue weighted by Crippen LogP contribution is 2.57. The summed E-state index contributed by atoms with van der Waals surface area (Å²) in [5.74, 6) is 2.11. The molecule has 0 saturated heterocycles. The molecule has 2 aliphatic carbocycles. The molecule has 4 nitrogen and oxygen atoms in total. The van der Waals surface area contributed by atoms with E-state index in [1.165, 1.54) is 9.80 Å². The first-order chi connectivity index (χ1) is 16.0. The summed E-state index contributed by atoms with van der Waals surface area (Å²) in [6.07, 6.45) is 3.16. The molecule has 0 radical (unpaired) electrons. The minimum atomic E-state index is -0.303. The molecule has 6 rings (SSSR count). The SMILES string of the molecule is COc1ccc(OC)c2cc3c(cc12)C(=O)C1=C2C(CO1)C(Sc1ccccc1)=CC[C@]23C. The van der Waals surface area contributed by atoms with Gasteiger partial charge in [-0.15, -0.1) is 0 Å². The van der Waals surface area contributed by atoms with Gasteiger partial charge in [0.2, 0.25) is 5.78 Å². The number of hydrogen-bond acceptors (Lipinski definition) is 5. The maximum Gasteiger partial charge on any atom is 0.227 e. The van der Waals surface area contributed by atoms with Crippen molar-refractivity contribution in [1.82, 2.24) is 0 Å². The lowest BCUT2D eigenvalue weighted by molar-refractivity contribution is 0.0931. The Balaban J connectivity index is 1.53. The number of allylic oxidation sites excluding steroid dienone is 2. The molecule has 33 heavy (non-hydrogen) atoms. The fourth-order valence-corrected chi connectivity index (χ4v) is 6.60. The molecule has 0 N–H and O–H groups in total. The number of hydrogen-bond donors (Lipinski definition) is 0. The van der Waals surface area contributed by atoms with Crippen molar-refractivity contribution in [3.8, 4) is 11.5 Å². The molecule has 166 valence electrons. The van der Waals surface area contributed by atoms with Crippen molar-refractivity contribution in [1.29, 1.82) is 0 Å². The van der Waals surface area contributed by atoms with Crippen molar-refractivity contribution in [3.05, 3.63) is 88.0 Å². The second-order valence-corrected chi connectivity index (χ2v) is 10.1. The van der Waals surface area contributed by atoms with Crippen LogP contribution in [0.1, 0.15) is 29.3 Å². The van der Waals surface area contributed by atoms with Gasteiger partial charge in [0.25, 0.3) is 0 Å². The highest BCUT2D eigenvalue weighted by Gasteiger charge is 2.51. The summed E-state index contributed by atoms with van der Waals surface area (Å²) in [7, 11) is 3.32. The fourth-order valence-electron chi connectivity index (χ4n) is 5.54. The normalized spacial score (nSPS) is 23.1. The zero-order chi connectivity index (χ0) is 22.7. The first-order valence-corrected chi connectivity index (χ1v) is 11.9. The van der Waals surface area contributed by atoms with E-state index < -0.39 is 0 Å². The average Bonchev–Trinajstić information content (AvgIpc) is 3.31. The molecule has 5 heteroatoms. The van der Waals surface area contributed by atoms with E-state index in [0.717, 1.165) is 39.8 Å². The van der Waals surface area contributed by atoms with Gasteiger partial charge < -0.3 is 14.2 Å². The van der Waals surface area contributed by atoms with Crippen molar-refractivity contribution in [2.75, 3.05) is 20.8 Å². The number of ketones is 1. The molecule has 1 heterocycles. The number of rotatable bonds is 4. The van der Waals surface area contributed by atoms with Crippen molar-refractivity contribution in [2.24, 2.45) is 5.92 Å². The molecule has 3 aromatic rings. The Morgan fingerprint density at radius 3 is 2.39 bits per heavy atom. The first-order valence-electron chi connectivity index (χ1n) is 11.1. The zero-order valence-electron chi connectivity index (χ0n) is 18.8. The molecule has 0 fully saturated rings. The summed E-state index contributed by atoms with van der Waals surface area (Å²) in [6.45, 7) is 2.76. The van der Waals surface area contributed by atoms with E-state index in [2.05, 4.69) is 43.3 Å². The predicted molar refractivity (Wildman–Crippen MR) is 130 cm³/mol. The smallest absolute Gasteiger partial charge is 0.227 e. The Hall–Kier alpha value is -3.18. The van der Waals surface area contributed by atoms with E-state index in [0.29, 0.717) is 17.9 Å². The van der Waals surface area contributed by atoms with Crippen LogP contribution in [-0.4, -0.2) is 26.6 Å². The van der Waals surface area contributed by atoms with Crippen molar-refractivity contribution >= 4 is 28.3 Å². The molecule has 0 aromatic heterocycles. The first kappa shape index (κ1) is 20.4. The number of methoxy groups -OCH3 is 2. The van der Waals surface area contributed by atoms with Crippen LogP contribution in [0, 0.1) is 5.92 Å². The Labute approximate surface area is 197 Å². The molecule has 3 aromatic carbocycles. The Bertz CT molecular complexity index is 1370. The summed E-state index contributed by atoms with van der Waals surface area (Å²) < 4.78 is 17.4. The van der Waals surface area contributed by atoms with Crippen molar-refractivity contribution < 1.29 is 19.0 Å². The summed E-state index contributed by atoms with van der Waals surface area (Å²) in [6, 6.07) is 18.3. The maximum absolute atomic E-state index is 13.7. The molecule has 1 aliphatic heterocycles. The van der Waals surface area contributed by atoms with Crippen LogP contribution in [-0.2, 0) is 10.2 Å². The van der Waals surface area contributed by atoms with Gasteiger partial charge in [0.1, 0.15) is 11.5 Å². The van der Waals surface area contributed by atoms with Gasteiger partial charge in [-0.3, -0.25) is 4.79 Å². The van der Waals surface area contributed by atoms with E-state index in [-0.39, 0.29) is 17.1 Å². The van der Waals surface area contributed by atoms with Gasteiger partial charge in [0.05, 0.1) is 26.7 Å². The Morgan fingerprint density at radius 2 is 1.70 bits per heavy atom. The van der Waals surface area contributed by atoms with Gasteiger partial charge in [0, 0.05) is 26.6 Å². The molecular weight excluding hydrogens is 432 g/mol. The summed E-state index contributed by atoms with van der Waals surface area (Å²) >= 11 is 1.77. The molecule has 3 aliphatic rings. The number of carbonyl (C=O) groups excluding carboxylic acids is 1. The van der Waals surface area contributed by atoms with Crippen LogP contribution in [0.2, 0.25) is 0 Å². The minimum absolute atomic E-state index is 0.0299. The van der Waals surface area contributed by atoms with Gasteiger partial charge in [-0.05, 0) is 58.9 Å². The molecule has 2 atom stereocenters. The highest BCUT2D eigenvalue weighted by molar-refractivity contribution is 8.03. The van der Waals surface area contributed by atoms with E-state index in [9.17, 15) is 4.79 Å². The van der Waals surface area contributed by atoms with Crippen LogP contribution in [0.5, 0.6) is 11.5 Å². The summed E-state index contributed by atoms with van der Waals surface area (Å²) in [5.41, 5.74) is 2.56. The number of ether oxygens (including phenoxy) is 3. The molecule has 0 spiro atoms. The monoisotopic (exact) mass is 456 g/mol. The minimum Gasteiger partial charge on any atom is -0.496 e. The lowest BCUT2D eigenvalue weighted by Gasteiger charge is -2.41. The topological polar surface area (TPSA) is 44.8 Å². The largest absolute Gasteiger partial charge is 0.496 e. The third-order valence-electron chi connectivity index (χ3n) is 7.18. The van der Waals surface area contributed by atoms with E-state index >= 15 is 0 Å². The van der Waals surface area contributed by atoms with Gasteiger partial charge >= 0.3 is 0 Å². The Morgan fingerprint density at radius 1 is 1.00 bits per heavy atom. The van der Waals surface area contributed by atoms with Crippen LogP contribution in [0.25, 0.3) is 10.8 Å². The Kier molecular flexibility index (Phi) is 4.59. The van der Waals surface area contributed by atoms with Crippen LogP contribution in [0.3, 0.4) is 0 Å². The zero-order valence-corrected chi connectivity index (χ0v) is 19.6. The standard InChI is InChI=1S/C28H24O4S/c1-28-12-11-24(33-16-7-5-4-6-8-16)20-15-32-27(25(20)28)26(29)19-13-17-18(14-21(19)28)23(31-3)10-9-22(17)30-2/h4-11,13-14,20H,12,15H2,1-3H3/t20?,28-/m0/s1. The van der Waals surface area contributed by atoms with Crippen LogP contribution in [0.15, 0.2) is 81.8 Å². The van der Waals surface area contributed by atoms with Gasteiger partial charge in [-0.2, -0.15) is 0 Å². The number of benzene rings is 3. The molecule has 1 unspecified atom stereocenters. The summed E-state index contributed by atoms with van der Waals surface area (Å²) in [5, 5.41) is 1.83. The third-order valence-corrected chi connectivity index (χ3v) is 8.37. The second-order valence-electron chi connectivity index (χ2n) is 8.91. The number of carbonyl (C=O) groups is 1. The van der Waals surface area contributed by atoms with Crippen molar-refractivity contribution in [2.45, 2.75) is 23.7 Å². The number of thioether (sulfide) groups is 1. The van der Waals surface area contributed by atoms with Crippen molar-refractivity contribution in [3.63, 3.8) is 0 Å². The van der Waals surface area contributed by atoms with E-state index in [1.54, 1.807) is 26.0 Å². The lowest BCUT2D eigenvalue weighted by Crippen LogP contribution is -2.37. The second kappa shape index (κ2) is 7.42. The molecule has 0 bridgehead atoms. The van der Waals surface area contributed by atoms with E-state index in [4.69, 9.17) is 14.2 Å². The molecule has 0 amide bonds. The average molecular weight is 457 g/mol. The van der Waals surface area contributed by atoms with E-state index in [1.807, 2.05) is 24.3 Å². The maximum atomic E-state index is 13.7. The predicted octanol–water partition coefficient (Wildman–Crippen LogP) is 6.29. The van der Waals surface area contributed by atoms with Crippen LogP contribution in [0.4, 0.5) is 0 Å². The van der Waals surface area contributed by atoms with Gasteiger partial charge in [0.15, 0.2) is 5.76 Å². The van der Waals surface area contributed by atoms with Crippen LogP contribution >= 0.6 is 11.8 Å². The summed E-state index contributed by atoms with van der Waals surface area (Å²) in [4.78, 5) is 16.1. The molecular formula is C28H24O4S. The van der Waals surface area contributed by atoms with Gasteiger partial charge in [-0.25, -0.2) is 0 Å². The quantitative estimate of drug-likeness (QED) is 0.462. The van der Waals surface area contributed by atoms with Crippen LogP contribution < -0.4 is 9.47 Å². The third kappa shape index (κ3) is 2.88. The molecule has 0 saturated carbocycles. The lowest BCUT2D eigenvalue weighted by atomic mass is 9.62. The number of Topliss-reactive ketones (excluding diaryl/α,β-unsaturated/α-hetero) is 1. The van der Waals surface area contributed by atoms with Gasteiger partial charge in [-0.1, -0.05) is 43.0 Å². The number of fused-ring (bicyclic) bond motifs is 3. The highest BCUT2D eigenvalue weighted by atomic mass is 32.2. The fraction of sp³-hybridized carbons (Fsp3) is 0.250.